The fourth-order valence-corrected chi connectivity index (χ4v) is 4.17. The van der Waals surface area contributed by atoms with Crippen molar-refractivity contribution in [3.05, 3.63) is 0 Å². The summed E-state index contributed by atoms with van der Waals surface area (Å²) in [5.41, 5.74) is 6.18. The Morgan fingerprint density at radius 2 is 1.83 bits per heavy atom. The maximum atomic E-state index is 12.7. The van der Waals surface area contributed by atoms with Crippen LogP contribution in [0.15, 0.2) is 0 Å². The van der Waals surface area contributed by atoms with E-state index in [1.54, 1.807) is 7.11 Å². The molecule has 102 valence electrons. The number of methoxy groups -OCH3 is 1. The molecule has 0 atom stereocenters. The van der Waals surface area contributed by atoms with Crippen LogP contribution in [-0.2, 0) is 9.53 Å². The Kier molecular flexibility index (Phi) is 2.90. The van der Waals surface area contributed by atoms with Crippen molar-refractivity contribution >= 4 is 5.91 Å². The lowest BCUT2D eigenvalue weighted by atomic mass is 9.82. The molecule has 1 saturated heterocycles. The van der Waals surface area contributed by atoms with Crippen molar-refractivity contribution in [3.8, 4) is 0 Å². The number of carbonyl (C=O) groups excluding carboxylic acids is 1. The molecule has 18 heavy (non-hydrogen) atoms. The van der Waals surface area contributed by atoms with Crippen molar-refractivity contribution in [2.45, 2.75) is 56.6 Å². The monoisotopic (exact) mass is 252 g/mol. The quantitative estimate of drug-likeness (QED) is 0.805. The molecule has 3 rings (SSSR count). The molecule has 0 radical (unpaired) electrons. The smallest absolute Gasteiger partial charge is 0.228 e. The summed E-state index contributed by atoms with van der Waals surface area (Å²) in [5, 5.41) is 0. The highest BCUT2D eigenvalue weighted by Crippen LogP contribution is 2.56. The van der Waals surface area contributed by atoms with E-state index in [-0.39, 0.29) is 11.0 Å². The van der Waals surface area contributed by atoms with Crippen LogP contribution in [0.2, 0.25) is 0 Å². The van der Waals surface area contributed by atoms with Crippen molar-refractivity contribution in [2.75, 3.05) is 20.2 Å². The molecule has 2 saturated carbocycles. The first-order valence-corrected chi connectivity index (χ1v) is 7.18. The van der Waals surface area contributed by atoms with E-state index in [0.29, 0.717) is 12.0 Å². The molecule has 4 nitrogen and oxygen atoms in total. The summed E-state index contributed by atoms with van der Waals surface area (Å²) in [6.07, 6.45) is 7.30. The maximum absolute atomic E-state index is 12.7. The van der Waals surface area contributed by atoms with E-state index >= 15 is 0 Å². The van der Waals surface area contributed by atoms with Crippen molar-refractivity contribution in [1.82, 2.24) is 4.90 Å². The van der Waals surface area contributed by atoms with Gasteiger partial charge in [0.15, 0.2) is 0 Å². The number of amides is 1. The van der Waals surface area contributed by atoms with Crippen LogP contribution in [0.4, 0.5) is 0 Å². The first kappa shape index (κ1) is 12.4. The maximum Gasteiger partial charge on any atom is 0.228 e. The zero-order valence-corrected chi connectivity index (χ0v) is 11.3. The minimum absolute atomic E-state index is 0.0273. The van der Waals surface area contributed by atoms with Crippen LogP contribution in [-0.4, -0.2) is 42.6 Å². The second-order valence-corrected chi connectivity index (χ2v) is 6.55. The fraction of sp³-hybridized carbons (Fsp3) is 0.929. The molecule has 1 aliphatic heterocycles. The van der Waals surface area contributed by atoms with Gasteiger partial charge in [-0.15, -0.1) is 0 Å². The average Bonchev–Trinajstić information content (AvgIpc) is 2.93. The molecule has 0 unspecified atom stereocenters. The summed E-state index contributed by atoms with van der Waals surface area (Å²) >= 11 is 0. The fourth-order valence-electron chi connectivity index (χ4n) is 4.17. The van der Waals surface area contributed by atoms with E-state index in [9.17, 15) is 4.79 Å². The molecule has 2 N–H and O–H groups in total. The number of nitrogens with two attached hydrogens (primary N) is 1. The number of hydrogen-bond donors (Lipinski definition) is 1. The number of nitrogens with zero attached hydrogens (tertiary/aromatic N) is 1. The van der Waals surface area contributed by atoms with Crippen molar-refractivity contribution < 1.29 is 9.53 Å². The number of carbonyl (C=O) groups is 1. The van der Waals surface area contributed by atoms with Crippen LogP contribution < -0.4 is 5.73 Å². The Morgan fingerprint density at radius 1 is 1.22 bits per heavy atom. The first-order valence-electron chi connectivity index (χ1n) is 7.18. The topological polar surface area (TPSA) is 55.6 Å². The Bertz CT molecular complexity index is 340. The Morgan fingerprint density at radius 3 is 2.28 bits per heavy atom. The van der Waals surface area contributed by atoms with E-state index < -0.39 is 0 Å². The van der Waals surface area contributed by atoms with Gasteiger partial charge in [-0.2, -0.15) is 0 Å². The van der Waals surface area contributed by atoms with Gasteiger partial charge in [0.25, 0.3) is 0 Å². The van der Waals surface area contributed by atoms with Gasteiger partial charge in [-0.25, -0.2) is 0 Å². The van der Waals surface area contributed by atoms with Crippen LogP contribution >= 0.6 is 0 Å². The third kappa shape index (κ3) is 1.86. The normalized spacial score (nSPS) is 40.4. The second-order valence-electron chi connectivity index (χ2n) is 6.55. The summed E-state index contributed by atoms with van der Waals surface area (Å²) in [4.78, 5) is 14.8. The van der Waals surface area contributed by atoms with Crippen molar-refractivity contribution in [1.29, 1.82) is 0 Å². The highest BCUT2D eigenvalue weighted by atomic mass is 16.5. The first-order chi connectivity index (χ1) is 8.57. The molecule has 0 aromatic carbocycles. The van der Waals surface area contributed by atoms with Crippen LogP contribution in [0, 0.1) is 5.41 Å². The van der Waals surface area contributed by atoms with E-state index in [4.69, 9.17) is 10.5 Å². The van der Waals surface area contributed by atoms with Crippen LogP contribution in [0.1, 0.15) is 44.9 Å². The largest absolute Gasteiger partial charge is 0.381 e. The van der Waals surface area contributed by atoms with E-state index in [0.717, 1.165) is 58.0 Å². The molecule has 1 heterocycles. The summed E-state index contributed by atoms with van der Waals surface area (Å²) in [6, 6.07) is 0. The van der Waals surface area contributed by atoms with Crippen LogP contribution in [0.25, 0.3) is 0 Å². The third-order valence-corrected chi connectivity index (χ3v) is 5.41. The number of piperidine rings is 1. The molecule has 4 heteroatoms. The number of likely N-dealkylation sites (tertiary alicyclic amines) is 1. The van der Waals surface area contributed by atoms with Gasteiger partial charge in [-0.3, -0.25) is 4.79 Å². The van der Waals surface area contributed by atoms with Gasteiger partial charge in [0, 0.05) is 25.7 Å². The summed E-state index contributed by atoms with van der Waals surface area (Å²) in [5.74, 6) is 0.377. The number of rotatable bonds is 2. The molecule has 0 spiro atoms. The average molecular weight is 252 g/mol. The van der Waals surface area contributed by atoms with Crippen molar-refractivity contribution in [2.24, 2.45) is 11.1 Å². The lowest BCUT2D eigenvalue weighted by molar-refractivity contribution is -0.144. The van der Waals surface area contributed by atoms with Gasteiger partial charge >= 0.3 is 0 Å². The SMILES string of the molecule is COC1CCN(C(=O)C23CCC(N)(CC2)C3)CC1. The molecule has 0 aromatic heterocycles. The standard InChI is InChI=1S/C14H24N2O2/c1-18-11-2-8-16(9-3-11)12(17)13-4-6-14(15,10-13)7-5-13/h11H,2-10,15H2,1H3. The van der Waals surface area contributed by atoms with Crippen molar-refractivity contribution in [3.63, 3.8) is 0 Å². The zero-order chi connectivity index (χ0) is 12.8. The van der Waals surface area contributed by atoms with Gasteiger partial charge in [0.2, 0.25) is 5.91 Å². The van der Waals surface area contributed by atoms with Gasteiger partial charge in [-0.1, -0.05) is 0 Å². The summed E-state index contributed by atoms with van der Waals surface area (Å²) in [6.45, 7) is 1.72. The van der Waals surface area contributed by atoms with E-state index in [2.05, 4.69) is 4.90 Å². The van der Waals surface area contributed by atoms with Crippen LogP contribution in [0.5, 0.6) is 0 Å². The lowest BCUT2D eigenvalue weighted by Crippen LogP contribution is -2.47. The van der Waals surface area contributed by atoms with Gasteiger partial charge < -0.3 is 15.4 Å². The van der Waals surface area contributed by atoms with Gasteiger partial charge in [0.05, 0.1) is 11.5 Å². The predicted molar refractivity (Wildman–Crippen MR) is 69.0 cm³/mol. The Labute approximate surface area is 109 Å². The number of fused-ring (bicyclic) bond motifs is 2. The number of hydrogen-bond acceptors (Lipinski definition) is 3. The number of ether oxygens (including phenoxy) is 1. The second kappa shape index (κ2) is 4.20. The minimum atomic E-state index is -0.103. The Hall–Kier alpha value is -0.610. The van der Waals surface area contributed by atoms with Gasteiger partial charge in [-0.05, 0) is 44.9 Å². The van der Waals surface area contributed by atoms with E-state index in [1.165, 1.54) is 0 Å². The molecular weight excluding hydrogens is 228 g/mol. The van der Waals surface area contributed by atoms with Gasteiger partial charge in [0.1, 0.15) is 0 Å². The van der Waals surface area contributed by atoms with E-state index in [1.807, 2.05) is 0 Å². The highest BCUT2D eigenvalue weighted by molar-refractivity contribution is 5.84. The third-order valence-electron chi connectivity index (χ3n) is 5.41. The summed E-state index contributed by atoms with van der Waals surface area (Å²) in [7, 11) is 1.76. The molecule has 3 aliphatic rings. The molecular formula is C14H24N2O2. The molecule has 1 amide bonds. The molecule has 0 aromatic rings. The predicted octanol–water partition coefficient (Wildman–Crippen LogP) is 1.29. The van der Waals surface area contributed by atoms with Crippen LogP contribution in [0.3, 0.4) is 0 Å². The zero-order valence-electron chi connectivity index (χ0n) is 11.3. The Balaban J connectivity index is 1.66. The minimum Gasteiger partial charge on any atom is -0.381 e. The highest BCUT2D eigenvalue weighted by Gasteiger charge is 2.57. The summed E-state index contributed by atoms with van der Waals surface area (Å²) < 4.78 is 5.36. The molecule has 2 aliphatic carbocycles. The molecule has 2 bridgehead atoms. The lowest BCUT2D eigenvalue weighted by Gasteiger charge is -2.37. The molecule has 3 fully saturated rings.